The highest BCUT2D eigenvalue weighted by Crippen LogP contribution is 2.29. The number of hydrogen-bond donors (Lipinski definition) is 0. The predicted molar refractivity (Wildman–Crippen MR) is 97.6 cm³/mol. The third kappa shape index (κ3) is 3.32. The summed E-state index contributed by atoms with van der Waals surface area (Å²) in [4.78, 5) is 18.5. The molecular weight excluding hydrogens is 340 g/mol. The van der Waals surface area contributed by atoms with Crippen LogP contribution in [0.5, 0.6) is 0 Å². The zero-order chi connectivity index (χ0) is 16.5. The Kier molecular flexibility index (Phi) is 4.54. The standard InChI is InChI=1S/C17H22N4OS2/c1-12-18-19-17(24-12)20-6-2-13(3-7-20)10-16(22)21-8-4-15-14(11-21)5-9-23-15/h5,9,13H,2-4,6-8,10-11H2,1H3. The first-order valence-electron chi connectivity index (χ1n) is 8.57. The number of nitrogens with zero attached hydrogens (tertiary/aromatic N) is 4. The van der Waals surface area contributed by atoms with Gasteiger partial charge in [-0.2, -0.15) is 0 Å². The zero-order valence-corrected chi connectivity index (χ0v) is 15.5. The van der Waals surface area contributed by atoms with Gasteiger partial charge >= 0.3 is 0 Å². The van der Waals surface area contributed by atoms with E-state index >= 15 is 0 Å². The van der Waals surface area contributed by atoms with Gasteiger partial charge in [0, 0.05) is 37.5 Å². The minimum Gasteiger partial charge on any atom is -0.347 e. The van der Waals surface area contributed by atoms with Gasteiger partial charge in [0.2, 0.25) is 11.0 Å². The van der Waals surface area contributed by atoms with Crippen molar-refractivity contribution in [2.45, 2.75) is 39.2 Å². The Morgan fingerprint density at radius 1 is 1.29 bits per heavy atom. The van der Waals surface area contributed by atoms with Crippen LogP contribution in [0.2, 0.25) is 0 Å². The van der Waals surface area contributed by atoms with Crippen molar-refractivity contribution in [1.82, 2.24) is 15.1 Å². The Balaban J connectivity index is 1.29. The summed E-state index contributed by atoms with van der Waals surface area (Å²) >= 11 is 3.48. The molecule has 1 fully saturated rings. The highest BCUT2D eigenvalue weighted by atomic mass is 32.1. The first-order valence-corrected chi connectivity index (χ1v) is 10.3. The fraction of sp³-hybridized carbons (Fsp3) is 0.588. The predicted octanol–water partition coefficient (Wildman–Crippen LogP) is 3.10. The number of carbonyl (C=O) groups is 1. The van der Waals surface area contributed by atoms with Crippen LogP contribution >= 0.6 is 22.7 Å². The Labute approximate surface area is 150 Å². The number of piperidine rings is 1. The van der Waals surface area contributed by atoms with E-state index in [1.165, 1.54) is 10.4 Å². The molecule has 1 saturated heterocycles. The first kappa shape index (κ1) is 16.0. The summed E-state index contributed by atoms with van der Waals surface area (Å²) in [7, 11) is 0. The summed E-state index contributed by atoms with van der Waals surface area (Å²) in [5.41, 5.74) is 1.35. The van der Waals surface area contributed by atoms with Crippen molar-refractivity contribution in [1.29, 1.82) is 0 Å². The molecule has 0 aromatic carbocycles. The van der Waals surface area contributed by atoms with Gasteiger partial charge in [-0.1, -0.05) is 11.3 Å². The molecule has 0 saturated carbocycles. The van der Waals surface area contributed by atoms with E-state index in [4.69, 9.17) is 0 Å². The molecule has 2 aliphatic rings. The van der Waals surface area contributed by atoms with Crippen molar-refractivity contribution >= 4 is 33.7 Å². The average Bonchev–Trinajstić information content (AvgIpc) is 3.23. The van der Waals surface area contributed by atoms with Crippen molar-refractivity contribution in [3.8, 4) is 0 Å². The molecule has 2 aliphatic heterocycles. The summed E-state index contributed by atoms with van der Waals surface area (Å²) in [6, 6.07) is 2.17. The molecule has 128 valence electrons. The van der Waals surface area contributed by atoms with E-state index in [9.17, 15) is 4.79 Å². The van der Waals surface area contributed by atoms with Gasteiger partial charge in [-0.05, 0) is 49.1 Å². The van der Waals surface area contributed by atoms with Crippen LogP contribution in [0.3, 0.4) is 0 Å². The summed E-state index contributed by atoms with van der Waals surface area (Å²) in [5, 5.41) is 12.5. The molecule has 7 heteroatoms. The Morgan fingerprint density at radius 2 is 2.12 bits per heavy atom. The Morgan fingerprint density at radius 3 is 2.88 bits per heavy atom. The maximum absolute atomic E-state index is 12.6. The number of fused-ring (bicyclic) bond motifs is 1. The number of rotatable bonds is 3. The molecule has 24 heavy (non-hydrogen) atoms. The van der Waals surface area contributed by atoms with E-state index in [1.807, 2.05) is 18.3 Å². The molecule has 0 atom stereocenters. The quantitative estimate of drug-likeness (QED) is 0.842. The van der Waals surface area contributed by atoms with E-state index in [0.29, 0.717) is 18.2 Å². The molecule has 0 unspecified atom stereocenters. The summed E-state index contributed by atoms with van der Waals surface area (Å²) in [6.07, 6.45) is 3.86. The number of aromatic nitrogens is 2. The topological polar surface area (TPSA) is 49.3 Å². The van der Waals surface area contributed by atoms with Crippen molar-refractivity contribution in [2.24, 2.45) is 5.92 Å². The number of carbonyl (C=O) groups excluding carboxylic acids is 1. The van der Waals surface area contributed by atoms with Crippen molar-refractivity contribution < 1.29 is 4.79 Å². The molecule has 2 aromatic rings. The minimum atomic E-state index is 0.331. The van der Waals surface area contributed by atoms with Gasteiger partial charge in [-0.15, -0.1) is 21.5 Å². The molecule has 0 spiro atoms. The van der Waals surface area contributed by atoms with Gasteiger partial charge in [0.1, 0.15) is 5.01 Å². The number of anilines is 1. The molecule has 0 bridgehead atoms. The third-order valence-corrected chi connectivity index (χ3v) is 6.95. The van der Waals surface area contributed by atoms with Crippen LogP contribution in [0.1, 0.15) is 34.7 Å². The van der Waals surface area contributed by atoms with E-state index in [2.05, 4.69) is 31.4 Å². The second-order valence-corrected chi connectivity index (χ2v) is 8.83. The minimum absolute atomic E-state index is 0.331. The molecule has 5 nitrogen and oxygen atoms in total. The number of hydrogen-bond acceptors (Lipinski definition) is 6. The van der Waals surface area contributed by atoms with Crippen LogP contribution in [0.4, 0.5) is 5.13 Å². The van der Waals surface area contributed by atoms with E-state index in [0.717, 1.165) is 55.6 Å². The average molecular weight is 363 g/mol. The molecule has 4 rings (SSSR count). The lowest BCUT2D eigenvalue weighted by molar-refractivity contribution is -0.133. The van der Waals surface area contributed by atoms with Gasteiger partial charge < -0.3 is 9.80 Å². The van der Waals surface area contributed by atoms with Crippen molar-refractivity contribution in [3.05, 3.63) is 26.9 Å². The van der Waals surface area contributed by atoms with E-state index in [1.54, 1.807) is 11.3 Å². The monoisotopic (exact) mass is 362 g/mol. The molecule has 2 aromatic heterocycles. The molecule has 0 aliphatic carbocycles. The van der Waals surface area contributed by atoms with E-state index < -0.39 is 0 Å². The largest absolute Gasteiger partial charge is 0.347 e. The smallest absolute Gasteiger partial charge is 0.223 e. The van der Waals surface area contributed by atoms with Gasteiger partial charge in [-0.3, -0.25) is 4.79 Å². The molecule has 4 heterocycles. The molecule has 1 amide bonds. The SMILES string of the molecule is Cc1nnc(N2CCC(CC(=O)N3CCc4sccc4C3)CC2)s1. The number of thiophene rings is 1. The van der Waals surface area contributed by atoms with E-state index in [-0.39, 0.29) is 0 Å². The number of aryl methyl sites for hydroxylation is 1. The second kappa shape index (κ2) is 6.80. The van der Waals surface area contributed by atoms with Gasteiger partial charge in [0.25, 0.3) is 0 Å². The van der Waals surface area contributed by atoms with Gasteiger partial charge in [0.05, 0.1) is 0 Å². The molecular formula is C17H22N4OS2. The Hall–Kier alpha value is -1.47. The lowest BCUT2D eigenvalue weighted by Gasteiger charge is -2.33. The summed E-state index contributed by atoms with van der Waals surface area (Å²) in [6.45, 7) is 5.66. The summed E-state index contributed by atoms with van der Waals surface area (Å²) in [5.74, 6) is 0.837. The maximum atomic E-state index is 12.6. The highest BCUT2D eigenvalue weighted by molar-refractivity contribution is 7.15. The highest BCUT2D eigenvalue weighted by Gasteiger charge is 2.27. The zero-order valence-electron chi connectivity index (χ0n) is 13.9. The Bertz CT molecular complexity index is 718. The maximum Gasteiger partial charge on any atom is 0.223 e. The van der Waals surface area contributed by atoms with Crippen LogP contribution in [-0.4, -0.2) is 40.6 Å². The third-order valence-electron chi connectivity index (χ3n) is 5.02. The summed E-state index contributed by atoms with van der Waals surface area (Å²) < 4.78 is 0. The normalized spacial score (nSPS) is 18.7. The van der Waals surface area contributed by atoms with Crippen molar-refractivity contribution in [2.75, 3.05) is 24.5 Å². The van der Waals surface area contributed by atoms with Gasteiger partial charge in [0.15, 0.2) is 0 Å². The van der Waals surface area contributed by atoms with Gasteiger partial charge in [-0.25, -0.2) is 0 Å². The van der Waals surface area contributed by atoms with Crippen LogP contribution in [-0.2, 0) is 17.8 Å². The fourth-order valence-corrected chi connectivity index (χ4v) is 5.21. The first-order chi connectivity index (χ1) is 11.7. The van der Waals surface area contributed by atoms with Crippen LogP contribution in [0.25, 0.3) is 0 Å². The second-order valence-electron chi connectivity index (χ2n) is 6.67. The fourth-order valence-electron chi connectivity index (χ4n) is 3.58. The molecule has 0 N–H and O–H groups in total. The number of amides is 1. The van der Waals surface area contributed by atoms with Crippen molar-refractivity contribution in [3.63, 3.8) is 0 Å². The lowest BCUT2D eigenvalue weighted by Crippen LogP contribution is -2.39. The van der Waals surface area contributed by atoms with Crippen LogP contribution in [0, 0.1) is 12.8 Å². The van der Waals surface area contributed by atoms with Crippen LogP contribution in [0.15, 0.2) is 11.4 Å². The lowest BCUT2D eigenvalue weighted by atomic mass is 9.93. The molecule has 0 radical (unpaired) electrons. The van der Waals surface area contributed by atoms with Crippen LogP contribution < -0.4 is 4.90 Å².